The monoisotopic (exact) mass is 385 g/mol. The van der Waals surface area contributed by atoms with Crippen molar-refractivity contribution in [3.05, 3.63) is 35.9 Å². The number of likely N-dealkylation sites (tertiary alicyclic amines) is 1. The molecule has 0 spiro atoms. The molecule has 0 aromatic heterocycles. The molecule has 0 bridgehead atoms. The van der Waals surface area contributed by atoms with Gasteiger partial charge in [-0.1, -0.05) is 30.3 Å². The number of carbonyl (C=O) groups excluding carboxylic acids is 2. The molecule has 3 aliphatic heterocycles. The Hall–Kier alpha value is -1.92. The second-order valence-electron chi connectivity index (χ2n) is 8.06. The van der Waals surface area contributed by atoms with Crippen LogP contribution in [0.5, 0.6) is 0 Å². The summed E-state index contributed by atoms with van der Waals surface area (Å²) in [6, 6.07) is 9.85. The average molecular weight is 386 g/mol. The molecule has 28 heavy (non-hydrogen) atoms. The largest absolute Gasteiger partial charge is 0.368 e. The van der Waals surface area contributed by atoms with E-state index in [1.165, 1.54) is 6.42 Å². The Kier molecular flexibility index (Phi) is 6.27. The van der Waals surface area contributed by atoms with Gasteiger partial charge in [0.1, 0.15) is 12.1 Å². The van der Waals surface area contributed by atoms with E-state index in [-0.39, 0.29) is 24.0 Å². The molecule has 3 heterocycles. The molecule has 6 nitrogen and oxygen atoms in total. The topological polar surface area (TPSA) is 53.1 Å². The van der Waals surface area contributed by atoms with Crippen molar-refractivity contribution < 1.29 is 14.3 Å². The molecule has 0 unspecified atom stereocenters. The third-order valence-electron chi connectivity index (χ3n) is 6.21. The van der Waals surface area contributed by atoms with Crippen LogP contribution in [0.15, 0.2) is 30.3 Å². The third-order valence-corrected chi connectivity index (χ3v) is 6.21. The maximum atomic E-state index is 13.4. The molecule has 1 aromatic rings. The maximum absolute atomic E-state index is 13.4. The summed E-state index contributed by atoms with van der Waals surface area (Å²) in [6.07, 6.45) is 4.94. The van der Waals surface area contributed by atoms with Gasteiger partial charge in [-0.15, -0.1) is 0 Å². The molecule has 152 valence electrons. The van der Waals surface area contributed by atoms with Gasteiger partial charge in [0.05, 0.1) is 0 Å². The van der Waals surface area contributed by atoms with Crippen LogP contribution >= 0.6 is 0 Å². The predicted molar refractivity (Wildman–Crippen MR) is 107 cm³/mol. The van der Waals surface area contributed by atoms with Crippen molar-refractivity contribution in [1.82, 2.24) is 14.7 Å². The van der Waals surface area contributed by atoms with E-state index < -0.39 is 0 Å². The summed E-state index contributed by atoms with van der Waals surface area (Å²) in [6.45, 7) is 5.18. The Bertz CT molecular complexity index is 661. The van der Waals surface area contributed by atoms with Crippen LogP contribution in [0, 0.1) is 0 Å². The van der Waals surface area contributed by atoms with E-state index >= 15 is 0 Å². The van der Waals surface area contributed by atoms with Crippen LogP contribution in [0.1, 0.15) is 43.7 Å². The first-order valence-electron chi connectivity index (χ1n) is 10.7. The molecular weight excluding hydrogens is 354 g/mol. The molecule has 2 atom stereocenters. The van der Waals surface area contributed by atoms with Gasteiger partial charge in [0, 0.05) is 45.9 Å². The highest BCUT2D eigenvalue weighted by Gasteiger charge is 2.36. The minimum atomic E-state index is -0.258. The smallest absolute Gasteiger partial charge is 0.251 e. The number of piperidine rings is 1. The lowest BCUT2D eigenvalue weighted by molar-refractivity contribution is -0.145. The van der Waals surface area contributed by atoms with E-state index in [2.05, 4.69) is 17.0 Å². The normalized spacial score (nSPS) is 24.9. The molecule has 3 saturated heterocycles. The van der Waals surface area contributed by atoms with Crippen molar-refractivity contribution in [3.63, 3.8) is 0 Å². The highest BCUT2D eigenvalue weighted by Crippen LogP contribution is 2.27. The lowest BCUT2D eigenvalue weighted by atomic mass is 10.0. The first kappa shape index (κ1) is 19.4. The number of piperazine rings is 1. The van der Waals surface area contributed by atoms with E-state index in [9.17, 15) is 9.59 Å². The Balaban J connectivity index is 1.45. The van der Waals surface area contributed by atoms with Crippen molar-refractivity contribution in [2.24, 2.45) is 0 Å². The van der Waals surface area contributed by atoms with Crippen molar-refractivity contribution in [2.45, 2.75) is 44.2 Å². The van der Waals surface area contributed by atoms with E-state index in [4.69, 9.17) is 4.74 Å². The summed E-state index contributed by atoms with van der Waals surface area (Å²) in [5.74, 6) is 0.334. The number of hydrogen-bond acceptors (Lipinski definition) is 4. The van der Waals surface area contributed by atoms with Gasteiger partial charge in [-0.3, -0.25) is 14.5 Å². The van der Waals surface area contributed by atoms with Crippen molar-refractivity contribution in [2.75, 3.05) is 45.9 Å². The Morgan fingerprint density at radius 2 is 1.57 bits per heavy atom. The van der Waals surface area contributed by atoms with Gasteiger partial charge in [0.25, 0.3) is 5.91 Å². The van der Waals surface area contributed by atoms with Gasteiger partial charge < -0.3 is 14.5 Å². The van der Waals surface area contributed by atoms with Crippen LogP contribution in [0.2, 0.25) is 0 Å². The summed E-state index contributed by atoms with van der Waals surface area (Å²) >= 11 is 0. The molecule has 3 fully saturated rings. The summed E-state index contributed by atoms with van der Waals surface area (Å²) in [7, 11) is 0. The number of carbonyl (C=O) groups is 2. The van der Waals surface area contributed by atoms with Crippen molar-refractivity contribution in [1.29, 1.82) is 0 Å². The molecule has 6 heteroatoms. The fourth-order valence-corrected chi connectivity index (χ4v) is 4.61. The second-order valence-corrected chi connectivity index (χ2v) is 8.06. The standard InChI is InChI=1S/C22H31N3O3/c26-21(19-10-7-17-28-19)25-15-13-23(14-16-25)20(18-8-3-1-4-9-18)22(27)24-11-5-2-6-12-24/h1,3-4,8-9,19-20H,2,5-7,10-17H2/t19-,20-/m0/s1. The number of benzene rings is 1. The maximum Gasteiger partial charge on any atom is 0.251 e. The second kappa shape index (κ2) is 9.05. The van der Waals surface area contributed by atoms with Gasteiger partial charge in [-0.2, -0.15) is 0 Å². The minimum absolute atomic E-state index is 0.121. The molecule has 0 saturated carbocycles. The predicted octanol–water partition coefficient (Wildman–Crippen LogP) is 2.06. The van der Waals surface area contributed by atoms with Crippen molar-refractivity contribution in [3.8, 4) is 0 Å². The van der Waals surface area contributed by atoms with Gasteiger partial charge >= 0.3 is 0 Å². The fraction of sp³-hybridized carbons (Fsp3) is 0.636. The molecule has 2 amide bonds. The lowest BCUT2D eigenvalue weighted by Gasteiger charge is -2.41. The zero-order chi connectivity index (χ0) is 19.3. The SMILES string of the molecule is O=C([C@@H]1CCCO1)N1CCN([C@H](C(=O)N2CCCCC2)c2ccccc2)CC1. The summed E-state index contributed by atoms with van der Waals surface area (Å²) < 4.78 is 5.56. The van der Waals surface area contributed by atoms with Gasteiger partial charge in [-0.05, 0) is 37.7 Å². The van der Waals surface area contributed by atoms with E-state index in [1.807, 2.05) is 28.0 Å². The molecule has 0 radical (unpaired) electrons. The van der Waals surface area contributed by atoms with Gasteiger partial charge in [-0.25, -0.2) is 0 Å². The summed E-state index contributed by atoms with van der Waals surface area (Å²) in [4.78, 5) is 32.2. The Morgan fingerprint density at radius 3 is 2.21 bits per heavy atom. The van der Waals surface area contributed by atoms with Crippen LogP contribution in [-0.4, -0.2) is 78.5 Å². The Labute approximate surface area is 167 Å². The van der Waals surface area contributed by atoms with Crippen LogP contribution < -0.4 is 0 Å². The summed E-state index contributed by atoms with van der Waals surface area (Å²) in [5.41, 5.74) is 1.05. The quantitative estimate of drug-likeness (QED) is 0.796. The van der Waals surface area contributed by atoms with Crippen LogP contribution in [0.3, 0.4) is 0 Å². The number of ether oxygens (including phenoxy) is 1. The number of hydrogen-bond donors (Lipinski definition) is 0. The summed E-state index contributed by atoms with van der Waals surface area (Å²) in [5, 5.41) is 0. The average Bonchev–Trinajstić information content (AvgIpc) is 3.30. The number of rotatable bonds is 4. The third kappa shape index (κ3) is 4.23. The molecule has 1 aromatic carbocycles. The molecule has 3 aliphatic rings. The fourth-order valence-electron chi connectivity index (χ4n) is 4.61. The van der Waals surface area contributed by atoms with Crippen LogP contribution in [0.4, 0.5) is 0 Å². The number of nitrogens with zero attached hydrogens (tertiary/aromatic N) is 3. The van der Waals surface area contributed by atoms with Crippen molar-refractivity contribution >= 4 is 11.8 Å². The molecule has 0 aliphatic carbocycles. The van der Waals surface area contributed by atoms with E-state index in [0.29, 0.717) is 19.7 Å². The highest BCUT2D eigenvalue weighted by atomic mass is 16.5. The van der Waals surface area contributed by atoms with Crippen LogP contribution in [0.25, 0.3) is 0 Å². The Morgan fingerprint density at radius 1 is 0.857 bits per heavy atom. The first-order chi connectivity index (χ1) is 13.7. The first-order valence-corrected chi connectivity index (χ1v) is 10.7. The highest BCUT2D eigenvalue weighted by molar-refractivity contribution is 5.84. The van der Waals surface area contributed by atoms with Gasteiger partial charge in [0.2, 0.25) is 5.91 Å². The molecular formula is C22H31N3O3. The molecule has 4 rings (SSSR count). The molecule has 0 N–H and O–H groups in total. The number of amides is 2. The zero-order valence-corrected chi connectivity index (χ0v) is 16.6. The van der Waals surface area contributed by atoms with E-state index in [1.54, 1.807) is 0 Å². The van der Waals surface area contributed by atoms with Gasteiger partial charge in [0.15, 0.2) is 0 Å². The lowest BCUT2D eigenvalue weighted by Crippen LogP contribution is -2.54. The zero-order valence-electron chi connectivity index (χ0n) is 16.6. The van der Waals surface area contributed by atoms with Crippen LogP contribution in [-0.2, 0) is 14.3 Å². The van der Waals surface area contributed by atoms with E-state index in [0.717, 1.165) is 57.4 Å². The minimum Gasteiger partial charge on any atom is -0.368 e.